The van der Waals surface area contributed by atoms with Gasteiger partial charge in [-0.2, -0.15) is 0 Å². The highest BCUT2D eigenvalue weighted by Gasteiger charge is 2.24. The molecule has 1 aromatic carbocycles. The second-order valence-electron chi connectivity index (χ2n) is 6.80. The van der Waals surface area contributed by atoms with Gasteiger partial charge in [-0.05, 0) is 43.5 Å². The lowest BCUT2D eigenvalue weighted by atomic mass is 10.2. The summed E-state index contributed by atoms with van der Waals surface area (Å²) < 4.78 is 7.01. The largest absolute Gasteiger partial charge is 0.368 e. The minimum atomic E-state index is -0.372. The molecule has 3 heterocycles. The molecule has 0 radical (unpaired) electrons. The third-order valence-corrected chi connectivity index (χ3v) is 5.71. The number of para-hydroxylation sites is 1. The van der Waals surface area contributed by atoms with E-state index < -0.39 is 0 Å². The first kappa shape index (κ1) is 18.7. The van der Waals surface area contributed by atoms with Crippen molar-refractivity contribution in [1.29, 1.82) is 0 Å². The summed E-state index contributed by atoms with van der Waals surface area (Å²) >= 11 is 1.54. The molecule has 1 saturated heterocycles. The van der Waals surface area contributed by atoms with Crippen molar-refractivity contribution >= 4 is 29.0 Å². The number of benzene rings is 1. The lowest BCUT2D eigenvalue weighted by molar-refractivity contribution is -0.124. The van der Waals surface area contributed by atoms with Crippen molar-refractivity contribution in [1.82, 2.24) is 9.38 Å². The molecule has 7 heteroatoms. The zero-order valence-electron chi connectivity index (χ0n) is 15.6. The van der Waals surface area contributed by atoms with Crippen LogP contribution >= 0.6 is 11.8 Å². The predicted octanol–water partition coefficient (Wildman–Crippen LogP) is 3.41. The van der Waals surface area contributed by atoms with Gasteiger partial charge in [0.2, 0.25) is 0 Å². The molecule has 4 rings (SSSR count). The monoisotopic (exact) mass is 395 g/mol. The van der Waals surface area contributed by atoms with E-state index in [1.54, 1.807) is 16.7 Å². The molecule has 0 saturated carbocycles. The molecule has 1 amide bonds. The number of ether oxygens (including phenoxy) is 1. The summed E-state index contributed by atoms with van der Waals surface area (Å²) in [5.41, 5.74) is 3.01. The number of amides is 1. The maximum atomic E-state index is 12.4. The Morgan fingerprint density at radius 1 is 1.32 bits per heavy atom. The summed E-state index contributed by atoms with van der Waals surface area (Å²) in [5, 5.41) is 2.96. The number of nitrogens with one attached hydrogen (secondary N) is 1. The van der Waals surface area contributed by atoms with Crippen molar-refractivity contribution < 1.29 is 9.53 Å². The van der Waals surface area contributed by atoms with Crippen LogP contribution in [-0.2, 0) is 15.3 Å². The number of hydrogen-bond acceptors (Lipinski definition) is 5. The van der Waals surface area contributed by atoms with Crippen LogP contribution in [0.3, 0.4) is 0 Å². The Bertz CT molecular complexity index is 1070. The van der Waals surface area contributed by atoms with Crippen LogP contribution < -0.4 is 10.9 Å². The van der Waals surface area contributed by atoms with E-state index in [2.05, 4.69) is 10.3 Å². The van der Waals surface area contributed by atoms with E-state index in [0.29, 0.717) is 23.7 Å². The van der Waals surface area contributed by atoms with Gasteiger partial charge in [0.15, 0.2) is 0 Å². The molecule has 6 nitrogen and oxygen atoms in total. The highest BCUT2D eigenvalue weighted by Crippen LogP contribution is 2.30. The molecular weight excluding hydrogens is 374 g/mol. The number of nitrogens with zero attached hydrogens (tertiary/aromatic N) is 2. The van der Waals surface area contributed by atoms with Crippen molar-refractivity contribution in [3.8, 4) is 0 Å². The number of pyridine rings is 1. The highest BCUT2D eigenvalue weighted by atomic mass is 32.2. The van der Waals surface area contributed by atoms with Crippen LogP contribution in [-0.4, -0.2) is 28.0 Å². The van der Waals surface area contributed by atoms with Gasteiger partial charge in [-0.15, -0.1) is 11.8 Å². The van der Waals surface area contributed by atoms with Crippen LogP contribution in [0, 0.1) is 6.92 Å². The third kappa shape index (κ3) is 4.10. The Balaban J connectivity index is 1.51. The van der Waals surface area contributed by atoms with Crippen LogP contribution in [0.25, 0.3) is 5.65 Å². The number of carbonyl (C=O) groups excluding carboxylic acids is 1. The van der Waals surface area contributed by atoms with E-state index in [1.807, 2.05) is 43.3 Å². The molecule has 1 aliphatic rings. The van der Waals surface area contributed by atoms with E-state index in [-0.39, 0.29) is 17.6 Å². The van der Waals surface area contributed by atoms with Crippen molar-refractivity contribution in [3.05, 3.63) is 70.3 Å². The molecule has 2 aromatic heterocycles. The van der Waals surface area contributed by atoms with Gasteiger partial charge in [-0.25, -0.2) is 4.98 Å². The Labute approximate surface area is 166 Å². The smallest absolute Gasteiger partial charge is 0.258 e. The fraction of sp³-hybridized carbons (Fsp3) is 0.286. The van der Waals surface area contributed by atoms with Crippen molar-refractivity contribution in [3.63, 3.8) is 0 Å². The SMILES string of the molecule is Cc1ccc2nc(CSc3ccccc3NC(=O)C3CCCO3)cc(=O)n2c1. The number of carbonyl (C=O) groups is 1. The van der Waals surface area contributed by atoms with Gasteiger partial charge in [0.1, 0.15) is 11.8 Å². The maximum Gasteiger partial charge on any atom is 0.258 e. The number of aryl methyl sites for hydroxylation is 1. The maximum absolute atomic E-state index is 12.4. The van der Waals surface area contributed by atoms with E-state index >= 15 is 0 Å². The Hall–Kier alpha value is -2.64. The summed E-state index contributed by atoms with van der Waals surface area (Å²) in [5.74, 6) is 0.426. The molecule has 1 atom stereocenters. The minimum Gasteiger partial charge on any atom is -0.368 e. The summed E-state index contributed by atoms with van der Waals surface area (Å²) in [6, 6.07) is 13.0. The molecule has 3 aromatic rings. The molecule has 0 bridgehead atoms. The van der Waals surface area contributed by atoms with Gasteiger partial charge in [0.05, 0.1) is 11.4 Å². The van der Waals surface area contributed by atoms with Gasteiger partial charge in [0.25, 0.3) is 11.5 Å². The summed E-state index contributed by atoms with van der Waals surface area (Å²) in [6.07, 6.45) is 3.09. The van der Waals surface area contributed by atoms with E-state index in [1.165, 1.54) is 11.8 Å². The lowest BCUT2D eigenvalue weighted by Gasteiger charge is -2.13. The number of thioether (sulfide) groups is 1. The van der Waals surface area contributed by atoms with Crippen molar-refractivity contribution in [2.45, 2.75) is 36.5 Å². The number of rotatable bonds is 5. The first-order valence-electron chi connectivity index (χ1n) is 9.23. The predicted molar refractivity (Wildman–Crippen MR) is 110 cm³/mol. The summed E-state index contributed by atoms with van der Waals surface area (Å²) in [7, 11) is 0. The standard InChI is InChI=1S/C21H21N3O3S/c1-14-8-9-19-22-15(11-20(25)24(19)12-14)13-28-18-7-3-2-5-16(18)23-21(26)17-6-4-10-27-17/h2-3,5,7-9,11-12,17H,4,6,10,13H2,1H3,(H,23,26). The Morgan fingerprint density at radius 2 is 2.18 bits per heavy atom. The van der Waals surface area contributed by atoms with Crippen LogP contribution in [0.1, 0.15) is 24.1 Å². The van der Waals surface area contributed by atoms with Gasteiger partial charge >= 0.3 is 0 Å². The van der Waals surface area contributed by atoms with E-state index in [9.17, 15) is 9.59 Å². The number of anilines is 1. The van der Waals surface area contributed by atoms with Gasteiger partial charge < -0.3 is 10.1 Å². The molecular formula is C21H21N3O3S. The summed E-state index contributed by atoms with van der Waals surface area (Å²) in [6.45, 7) is 2.58. The molecule has 1 fully saturated rings. The van der Waals surface area contributed by atoms with Gasteiger partial charge in [-0.1, -0.05) is 18.2 Å². The van der Waals surface area contributed by atoms with E-state index in [4.69, 9.17) is 4.74 Å². The lowest BCUT2D eigenvalue weighted by Crippen LogP contribution is -2.27. The fourth-order valence-corrected chi connectivity index (χ4v) is 4.08. The molecule has 28 heavy (non-hydrogen) atoms. The first-order valence-corrected chi connectivity index (χ1v) is 10.2. The molecule has 1 unspecified atom stereocenters. The van der Waals surface area contributed by atoms with Crippen LogP contribution in [0.15, 0.2) is 58.4 Å². The van der Waals surface area contributed by atoms with Gasteiger partial charge in [-0.3, -0.25) is 14.0 Å². The van der Waals surface area contributed by atoms with Crippen LogP contribution in [0.5, 0.6) is 0 Å². The average Bonchev–Trinajstić information content (AvgIpc) is 3.23. The Morgan fingerprint density at radius 3 is 3.00 bits per heavy atom. The number of fused-ring (bicyclic) bond motifs is 1. The average molecular weight is 395 g/mol. The fourth-order valence-electron chi connectivity index (χ4n) is 3.18. The van der Waals surface area contributed by atoms with Crippen molar-refractivity contribution in [2.75, 3.05) is 11.9 Å². The van der Waals surface area contributed by atoms with Crippen LogP contribution in [0.4, 0.5) is 5.69 Å². The molecule has 0 spiro atoms. The quantitative estimate of drug-likeness (QED) is 0.670. The molecule has 144 valence electrons. The zero-order valence-corrected chi connectivity index (χ0v) is 16.4. The summed E-state index contributed by atoms with van der Waals surface area (Å²) in [4.78, 5) is 30.2. The number of aromatic nitrogens is 2. The Kier molecular flexibility index (Phi) is 5.45. The zero-order chi connectivity index (χ0) is 19.5. The molecule has 1 N–H and O–H groups in total. The van der Waals surface area contributed by atoms with E-state index in [0.717, 1.165) is 29.0 Å². The molecule has 1 aliphatic heterocycles. The van der Waals surface area contributed by atoms with Gasteiger partial charge in [0, 0.05) is 29.5 Å². The second kappa shape index (κ2) is 8.16. The first-order chi connectivity index (χ1) is 13.6. The third-order valence-electron chi connectivity index (χ3n) is 4.60. The number of hydrogen-bond donors (Lipinski definition) is 1. The van der Waals surface area contributed by atoms with Crippen LogP contribution in [0.2, 0.25) is 0 Å². The highest BCUT2D eigenvalue weighted by molar-refractivity contribution is 7.98. The van der Waals surface area contributed by atoms with Crippen molar-refractivity contribution in [2.24, 2.45) is 0 Å². The minimum absolute atomic E-state index is 0.0933. The topological polar surface area (TPSA) is 72.7 Å². The molecule has 0 aliphatic carbocycles. The second-order valence-corrected chi connectivity index (χ2v) is 7.81. The normalized spacial score (nSPS) is 16.4.